The van der Waals surface area contributed by atoms with E-state index in [1.165, 1.54) is 12.8 Å². The van der Waals surface area contributed by atoms with Crippen LogP contribution < -0.4 is 5.56 Å². The molecule has 2 aromatic heterocycles. The highest BCUT2D eigenvalue weighted by atomic mass is 16.1. The number of benzene rings is 1. The van der Waals surface area contributed by atoms with E-state index >= 15 is 0 Å². The molecule has 1 unspecified atom stereocenters. The summed E-state index contributed by atoms with van der Waals surface area (Å²) in [6.45, 7) is 4.47. The number of aryl methyl sites for hydroxylation is 1. The second kappa shape index (κ2) is 7.09. The van der Waals surface area contributed by atoms with Gasteiger partial charge in [-0.1, -0.05) is 12.1 Å². The van der Waals surface area contributed by atoms with Crippen LogP contribution in [0.5, 0.6) is 0 Å². The van der Waals surface area contributed by atoms with Gasteiger partial charge in [0.1, 0.15) is 5.82 Å². The Hall–Kier alpha value is -2.60. The molecule has 0 bridgehead atoms. The number of para-hydroxylation sites is 1. The van der Waals surface area contributed by atoms with Gasteiger partial charge in [-0.25, -0.2) is 4.98 Å². The van der Waals surface area contributed by atoms with Crippen molar-refractivity contribution in [1.82, 2.24) is 24.4 Å². The minimum Gasteiger partial charge on any atom is -0.295 e. The highest BCUT2D eigenvalue weighted by molar-refractivity contribution is 5.77. The number of fused-ring (bicyclic) bond motifs is 1. The van der Waals surface area contributed by atoms with Crippen LogP contribution in [0.2, 0.25) is 0 Å². The second-order valence-electron chi connectivity index (χ2n) is 8.12. The lowest BCUT2D eigenvalue weighted by Gasteiger charge is -2.26. The third-order valence-electron chi connectivity index (χ3n) is 5.89. The van der Waals surface area contributed by atoms with E-state index in [1.807, 2.05) is 48.1 Å². The van der Waals surface area contributed by atoms with E-state index in [9.17, 15) is 4.79 Å². The molecule has 1 aliphatic carbocycles. The van der Waals surface area contributed by atoms with Gasteiger partial charge in [0.15, 0.2) is 0 Å². The van der Waals surface area contributed by atoms with Crippen molar-refractivity contribution in [2.45, 2.75) is 51.7 Å². The summed E-state index contributed by atoms with van der Waals surface area (Å²) in [7, 11) is 0. The molecule has 0 amide bonds. The Morgan fingerprint density at radius 2 is 1.96 bits per heavy atom. The van der Waals surface area contributed by atoms with Gasteiger partial charge in [0.25, 0.3) is 5.56 Å². The average Bonchev–Trinajstić information content (AvgIpc) is 3.42. The van der Waals surface area contributed by atoms with Crippen LogP contribution in [0.25, 0.3) is 10.9 Å². The fraction of sp³-hybridized carbons (Fsp3) is 0.455. The zero-order chi connectivity index (χ0) is 19.1. The molecule has 6 heteroatoms. The molecule has 6 nitrogen and oxygen atoms in total. The van der Waals surface area contributed by atoms with Gasteiger partial charge in [0.05, 0.1) is 28.3 Å². The Balaban J connectivity index is 1.54. The molecule has 1 saturated carbocycles. The molecule has 2 fully saturated rings. The Bertz CT molecular complexity index is 1050. The highest BCUT2D eigenvalue weighted by Crippen LogP contribution is 2.35. The van der Waals surface area contributed by atoms with E-state index < -0.39 is 0 Å². The first-order valence-electron chi connectivity index (χ1n) is 10.2. The minimum atomic E-state index is 0.106. The van der Waals surface area contributed by atoms with Crippen LogP contribution in [-0.4, -0.2) is 31.0 Å². The highest BCUT2D eigenvalue weighted by Gasteiger charge is 2.32. The zero-order valence-electron chi connectivity index (χ0n) is 16.2. The van der Waals surface area contributed by atoms with E-state index in [-0.39, 0.29) is 11.6 Å². The molecule has 5 rings (SSSR count). The summed E-state index contributed by atoms with van der Waals surface area (Å²) in [6.07, 6.45) is 8.23. The summed E-state index contributed by atoms with van der Waals surface area (Å²) in [6, 6.07) is 7.88. The largest absolute Gasteiger partial charge is 0.295 e. The fourth-order valence-electron chi connectivity index (χ4n) is 4.19. The van der Waals surface area contributed by atoms with E-state index in [0.29, 0.717) is 5.92 Å². The maximum absolute atomic E-state index is 13.3. The van der Waals surface area contributed by atoms with E-state index in [1.54, 1.807) is 0 Å². The standard InChI is InChI=1S/C22H25N5O/c1-15-11-24-17(12-23-15)14-26-10-4-7-20(26)21-25-19-6-3-2-5-18(19)22(28)27(21)13-16-8-9-16/h2-3,5-6,11-12,16,20H,4,7-10,13-14H2,1H3. The van der Waals surface area contributed by atoms with Gasteiger partial charge in [-0.3, -0.25) is 24.2 Å². The van der Waals surface area contributed by atoms with Gasteiger partial charge in [-0.15, -0.1) is 0 Å². The summed E-state index contributed by atoms with van der Waals surface area (Å²) < 4.78 is 1.96. The van der Waals surface area contributed by atoms with Crippen molar-refractivity contribution in [3.63, 3.8) is 0 Å². The van der Waals surface area contributed by atoms with Crippen molar-refractivity contribution < 1.29 is 0 Å². The second-order valence-corrected chi connectivity index (χ2v) is 8.12. The molecule has 3 aromatic rings. The lowest BCUT2D eigenvalue weighted by atomic mass is 10.1. The zero-order valence-corrected chi connectivity index (χ0v) is 16.2. The number of nitrogens with zero attached hydrogens (tertiary/aromatic N) is 5. The van der Waals surface area contributed by atoms with Crippen LogP contribution in [0, 0.1) is 12.8 Å². The molecule has 3 heterocycles. The van der Waals surface area contributed by atoms with Crippen LogP contribution in [-0.2, 0) is 13.1 Å². The predicted octanol–water partition coefficient (Wildman–Crippen LogP) is 3.24. The molecule has 1 saturated heterocycles. The summed E-state index contributed by atoms with van der Waals surface area (Å²) in [5, 5.41) is 0.723. The molecular formula is C22H25N5O. The smallest absolute Gasteiger partial charge is 0.261 e. The first-order valence-corrected chi connectivity index (χ1v) is 10.2. The van der Waals surface area contributed by atoms with E-state index in [4.69, 9.17) is 4.98 Å². The fourth-order valence-corrected chi connectivity index (χ4v) is 4.19. The number of hydrogen-bond acceptors (Lipinski definition) is 5. The van der Waals surface area contributed by atoms with Crippen molar-refractivity contribution >= 4 is 10.9 Å². The molecule has 144 valence electrons. The maximum atomic E-state index is 13.3. The van der Waals surface area contributed by atoms with Crippen molar-refractivity contribution in [1.29, 1.82) is 0 Å². The topological polar surface area (TPSA) is 63.9 Å². The van der Waals surface area contributed by atoms with Gasteiger partial charge in [-0.2, -0.15) is 0 Å². The molecule has 1 aliphatic heterocycles. The monoisotopic (exact) mass is 375 g/mol. The van der Waals surface area contributed by atoms with Crippen molar-refractivity contribution in [3.05, 3.63) is 64.2 Å². The van der Waals surface area contributed by atoms with Crippen molar-refractivity contribution in [2.24, 2.45) is 5.92 Å². The summed E-state index contributed by atoms with van der Waals surface area (Å²) in [5.41, 5.74) is 2.80. The third kappa shape index (κ3) is 3.33. The normalized spacial score (nSPS) is 20.1. The van der Waals surface area contributed by atoms with Gasteiger partial charge in [0, 0.05) is 25.5 Å². The Morgan fingerprint density at radius 1 is 1.11 bits per heavy atom. The predicted molar refractivity (Wildman–Crippen MR) is 108 cm³/mol. The summed E-state index contributed by atoms with van der Waals surface area (Å²) >= 11 is 0. The molecule has 1 atom stereocenters. The lowest BCUT2D eigenvalue weighted by molar-refractivity contribution is 0.229. The van der Waals surface area contributed by atoms with E-state index in [0.717, 1.165) is 60.6 Å². The van der Waals surface area contributed by atoms with Crippen LogP contribution >= 0.6 is 0 Å². The Labute approximate surface area is 164 Å². The van der Waals surface area contributed by atoms with E-state index in [2.05, 4.69) is 14.9 Å². The van der Waals surface area contributed by atoms with Gasteiger partial charge in [0.2, 0.25) is 0 Å². The molecule has 1 aromatic carbocycles. The molecule has 0 spiro atoms. The minimum absolute atomic E-state index is 0.106. The molecule has 0 N–H and O–H groups in total. The van der Waals surface area contributed by atoms with Gasteiger partial charge >= 0.3 is 0 Å². The number of likely N-dealkylation sites (tertiary alicyclic amines) is 1. The Kier molecular flexibility index (Phi) is 4.43. The van der Waals surface area contributed by atoms with Crippen LogP contribution in [0.1, 0.15) is 48.9 Å². The quantitative estimate of drug-likeness (QED) is 0.685. The van der Waals surface area contributed by atoms with Gasteiger partial charge in [-0.05, 0) is 57.2 Å². The SMILES string of the molecule is Cc1cnc(CN2CCCC2c2nc3ccccc3c(=O)n2CC2CC2)cn1. The first kappa shape index (κ1) is 17.5. The van der Waals surface area contributed by atoms with Gasteiger partial charge < -0.3 is 0 Å². The molecule has 2 aliphatic rings. The molecular weight excluding hydrogens is 350 g/mol. The van der Waals surface area contributed by atoms with Crippen LogP contribution in [0.4, 0.5) is 0 Å². The maximum Gasteiger partial charge on any atom is 0.261 e. The summed E-state index contributed by atoms with van der Waals surface area (Å²) in [4.78, 5) is 29.6. The number of aromatic nitrogens is 4. The summed E-state index contributed by atoms with van der Waals surface area (Å²) in [5.74, 6) is 1.55. The molecule has 28 heavy (non-hydrogen) atoms. The number of rotatable bonds is 5. The van der Waals surface area contributed by atoms with Crippen LogP contribution in [0.3, 0.4) is 0 Å². The van der Waals surface area contributed by atoms with Crippen molar-refractivity contribution in [3.8, 4) is 0 Å². The van der Waals surface area contributed by atoms with Crippen LogP contribution in [0.15, 0.2) is 41.5 Å². The third-order valence-corrected chi connectivity index (χ3v) is 5.89. The first-order chi connectivity index (χ1) is 13.7. The average molecular weight is 375 g/mol. The van der Waals surface area contributed by atoms with Crippen molar-refractivity contribution in [2.75, 3.05) is 6.54 Å². The Morgan fingerprint density at radius 3 is 2.75 bits per heavy atom. The lowest BCUT2D eigenvalue weighted by Crippen LogP contribution is -2.32. The molecule has 0 radical (unpaired) electrons. The number of hydrogen-bond donors (Lipinski definition) is 0.